The van der Waals surface area contributed by atoms with E-state index in [0.29, 0.717) is 12.0 Å². The highest BCUT2D eigenvalue weighted by atomic mass is 16.5. The monoisotopic (exact) mass is 282 g/mol. The van der Waals surface area contributed by atoms with Crippen molar-refractivity contribution in [2.24, 2.45) is 17.8 Å². The first-order valence-electron chi connectivity index (χ1n) is 8.39. The Morgan fingerprint density at radius 2 is 2.00 bits per heavy atom. The molecule has 0 aromatic rings. The molecule has 1 fully saturated rings. The van der Waals surface area contributed by atoms with Crippen LogP contribution in [0.1, 0.15) is 59.8 Å². The van der Waals surface area contributed by atoms with Crippen LogP contribution in [0.25, 0.3) is 0 Å². The second kappa shape index (κ2) is 9.57. The van der Waals surface area contributed by atoms with E-state index in [1.165, 1.54) is 31.3 Å². The lowest BCUT2D eigenvalue weighted by atomic mass is 9.78. The van der Waals surface area contributed by atoms with Crippen molar-refractivity contribution in [3.8, 4) is 0 Å². The molecule has 2 heteroatoms. The Morgan fingerprint density at radius 3 is 2.65 bits per heavy atom. The van der Waals surface area contributed by atoms with Gasteiger partial charge in [0.25, 0.3) is 0 Å². The van der Waals surface area contributed by atoms with Crippen molar-refractivity contribution in [3.63, 3.8) is 0 Å². The van der Waals surface area contributed by atoms with E-state index in [4.69, 9.17) is 9.47 Å². The molecule has 0 aliphatic heterocycles. The molecule has 0 N–H and O–H groups in total. The zero-order chi connectivity index (χ0) is 15.0. The Morgan fingerprint density at radius 1 is 1.25 bits per heavy atom. The fourth-order valence-corrected chi connectivity index (χ4v) is 2.93. The van der Waals surface area contributed by atoms with E-state index in [0.717, 1.165) is 38.1 Å². The standard InChI is InChI=1S/C18H34O2/c1-6-15(4)9-10-19-11-12-20-18-13-16(5)7-8-17(18)14(2)3/h15-18H,2,6-13H2,1,3-5H3. The van der Waals surface area contributed by atoms with Crippen LogP contribution >= 0.6 is 0 Å². The molecular weight excluding hydrogens is 248 g/mol. The van der Waals surface area contributed by atoms with Crippen LogP contribution in [0.4, 0.5) is 0 Å². The molecule has 1 aliphatic carbocycles. The predicted octanol–water partition coefficient (Wildman–Crippen LogP) is 4.84. The van der Waals surface area contributed by atoms with Crippen molar-refractivity contribution < 1.29 is 9.47 Å². The van der Waals surface area contributed by atoms with Gasteiger partial charge in [0.15, 0.2) is 0 Å². The number of rotatable bonds is 9. The van der Waals surface area contributed by atoms with E-state index in [1.54, 1.807) is 0 Å². The maximum Gasteiger partial charge on any atom is 0.0704 e. The third-order valence-electron chi connectivity index (χ3n) is 4.70. The smallest absolute Gasteiger partial charge is 0.0704 e. The average Bonchev–Trinajstić information content (AvgIpc) is 2.42. The molecule has 0 bridgehead atoms. The molecule has 0 amide bonds. The highest BCUT2D eigenvalue weighted by Gasteiger charge is 2.29. The molecule has 4 atom stereocenters. The summed E-state index contributed by atoms with van der Waals surface area (Å²) in [6, 6.07) is 0. The minimum Gasteiger partial charge on any atom is -0.379 e. The fraction of sp³-hybridized carbons (Fsp3) is 0.889. The van der Waals surface area contributed by atoms with Crippen molar-refractivity contribution >= 4 is 0 Å². The lowest BCUT2D eigenvalue weighted by molar-refractivity contribution is -0.0394. The summed E-state index contributed by atoms with van der Waals surface area (Å²) in [7, 11) is 0. The third-order valence-corrected chi connectivity index (χ3v) is 4.70. The van der Waals surface area contributed by atoms with Crippen LogP contribution in [0.3, 0.4) is 0 Å². The molecular formula is C18H34O2. The van der Waals surface area contributed by atoms with Gasteiger partial charge < -0.3 is 9.47 Å². The summed E-state index contributed by atoms with van der Waals surface area (Å²) in [5.41, 5.74) is 1.28. The molecule has 1 saturated carbocycles. The van der Waals surface area contributed by atoms with E-state index in [-0.39, 0.29) is 0 Å². The van der Waals surface area contributed by atoms with Crippen LogP contribution in [0.5, 0.6) is 0 Å². The molecule has 0 aromatic heterocycles. The van der Waals surface area contributed by atoms with Crippen LogP contribution in [0.15, 0.2) is 12.2 Å². The zero-order valence-corrected chi connectivity index (χ0v) is 14.0. The molecule has 20 heavy (non-hydrogen) atoms. The van der Waals surface area contributed by atoms with Gasteiger partial charge in [-0.25, -0.2) is 0 Å². The lowest BCUT2D eigenvalue weighted by Crippen LogP contribution is -2.32. The number of ether oxygens (including phenoxy) is 2. The summed E-state index contributed by atoms with van der Waals surface area (Å²) < 4.78 is 11.7. The third kappa shape index (κ3) is 6.41. The predicted molar refractivity (Wildman–Crippen MR) is 86.0 cm³/mol. The normalized spacial score (nSPS) is 28.3. The van der Waals surface area contributed by atoms with Gasteiger partial charge in [-0.1, -0.05) is 39.3 Å². The minimum absolute atomic E-state index is 0.356. The summed E-state index contributed by atoms with van der Waals surface area (Å²) in [6.07, 6.45) is 6.46. The van der Waals surface area contributed by atoms with Crippen LogP contribution in [-0.4, -0.2) is 25.9 Å². The molecule has 1 rings (SSSR count). The molecule has 118 valence electrons. The van der Waals surface area contributed by atoms with Crippen molar-refractivity contribution in [2.75, 3.05) is 19.8 Å². The quantitative estimate of drug-likeness (QED) is 0.445. The van der Waals surface area contributed by atoms with E-state index >= 15 is 0 Å². The van der Waals surface area contributed by atoms with Gasteiger partial charge in [0.05, 0.1) is 19.3 Å². The van der Waals surface area contributed by atoms with Crippen LogP contribution in [-0.2, 0) is 9.47 Å². The first kappa shape index (κ1) is 17.7. The van der Waals surface area contributed by atoms with Gasteiger partial charge in [-0.05, 0) is 44.4 Å². The molecule has 4 unspecified atom stereocenters. The number of hydrogen-bond donors (Lipinski definition) is 0. The molecule has 2 nitrogen and oxygen atoms in total. The van der Waals surface area contributed by atoms with Gasteiger partial charge in [-0.2, -0.15) is 0 Å². The number of hydrogen-bond acceptors (Lipinski definition) is 2. The van der Waals surface area contributed by atoms with Crippen molar-refractivity contribution in [1.82, 2.24) is 0 Å². The maximum atomic E-state index is 6.07. The van der Waals surface area contributed by atoms with E-state index < -0.39 is 0 Å². The molecule has 0 heterocycles. The van der Waals surface area contributed by atoms with Crippen LogP contribution in [0.2, 0.25) is 0 Å². The molecule has 0 spiro atoms. The van der Waals surface area contributed by atoms with Crippen LogP contribution in [0, 0.1) is 17.8 Å². The zero-order valence-electron chi connectivity index (χ0n) is 14.0. The fourth-order valence-electron chi connectivity index (χ4n) is 2.93. The van der Waals surface area contributed by atoms with Crippen molar-refractivity contribution in [3.05, 3.63) is 12.2 Å². The minimum atomic E-state index is 0.356. The highest BCUT2D eigenvalue weighted by molar-refractivity contribution is 5.02. The maximum absolute atomic E-state index is 6.07. The van der Waals surface area contributed by atoms with Crippen molar-refractivity contribution in [2.45, 2.75) is 65.9 Å². The van der Waals surface area contributed by atoms with Gasteiger partial charge in [0.2, 0.25) is 0 Å². The van der Waals surface area contributed by atoms with E-state index in [2.05, 4.69) is 34.3 Å². The van der Waals surface area contributed by atoms with Gasteiger partial charge in [0, 0.05) is 12.5 Å². The average molecular weight is 282 g/mol. The summed E-state index contributed by atoms with van der Waals surface area (Å²) in [5.74, 6) is 2.09. The Balaban J connectivity index is 2.16. The highest BCUT2D eigenvalue weighted by Crippen LogP contribution is 2.34. The lowest BCUT2D eigenvalue weighted by Gasteiger charge is -2.35. The summed E-state index contributed by atoms with van der Waals surface area (Å²) in [5, 5.41) is 0. The van der Waals surface area contributed by atoms with Crippen LogP contribution < -0.4 is 0 Å². The second-order valence-electron chi connectivity index (χ2n) is 6.69. The van der Waals surface area contributed by atoms with Gasteiger partial charge in [-0.3, -0.25) is 0 Å². The first-order chi connectivity index (χ1) is 9.54. The second-order valence-corrected chi connectivity index (χ2v) is 6.69. The van der Waals surface area contributed by atoms with Gasteiger partial charge >= 0.3 is 0 Å². The molecule has 0 radical (unpaired) electrons. The summed E-state index contributed by atoms with van der Waals surface area (Å²) in [6.45, 7) is 15.4. The Bertz CT molecular complexity index is 275. The Kier molecular flexibility index (Phi) is 8.47. The molecule has 0 aromatic carbocycles. The van der Waals surface area contributed by atoms with Crippen molar-refractivity contribution in [1.29, 1.82) is 0 Å². The van der Waals surface area contributed by atoms with E-state index in [9.17, 15) is 0 Å². The largest absolute Gasteiger partial charge is 0.379 e. The Hall–Kier alpha value is -0.340. The summed E-state index contributed by atoms with van der Waals surface area (Å²) >= 11 is 0. The first-order valence-corrected chi connectivity index (χ1v) is 8.39. The molecule has 0 saturated heterocycles. The summed E-state index contributed by atoms with van der Waals surface area (Å²) in [4.78, 5) is 0. The van der Waals surface area contributed by atoms with Gasteiger partial charge in [0.1, 0.15) is 0 Å². The SMILES string of the molecule is C=C(C)C1CCC(C)CC1OCCOCCC(C)CC. The van der Waals surface area contributed by atoms with Gasteiger partial charge in [-0.15, -0.1) is 0 Å². The van der Waals surface area contributed by atoms with E-state index in [1.807, 2.05) is 0 Å². The molecule has 1 aliphatic rings. The topological polar surface area (TPSA) is 18.5 Å². The Labute approximate surface area is 125 Å².